The van der Waals surface area contributed by atoms with Gasteiger partial charge in [0.05, 0.1) is 19.9 Å². The number of nitrogens with one attached hydrogen (secondary N) is 1. The van der Waals surface area contributed by atoms with Crippen LogP contribution >= 0.6 is 0 Å². The molecule has 0 unspecified atom stereocenters. The lowest BCUT2D eigenvalue weighted by molar-refractivity contribution is -0.121. The summed E-state index contributed by atoms with van der Waals surface area (Å²) in [6.07, 6.45) is 5.03. The molecule has 0 atom stereocenters. The van der Waals surface area contributed by atoms with E-state index in [4.69, 9.17) is 9.47 Å². The molecule has 0 spiro atoms. The molecule has 0 heterocycles. The summed E-state index contributed by atoms with van der Waals surface area (Å²) in [4.78, 5) is 12.2. The van der Waals surface area contributed by atoms with Gasteiger partial charge < -0.3 is 9.47 Å². The number of hydrazone groups is 1. The van der Waals surface area contributed by atoms with E-state index >= 15 is 0 Å². The number of fused-ring (bicyclic) bond motifs is 1. The molecule has 0 saturated heterocycles. The van der Waals surface area contributed by atoms with Crippen molar-refractivity contribution in [3.05, 3.63) is 58.7 Å². The zero-order chi connectivity index (χ0) is 19.9. The zero-order valence-corrected chi connectivity index (χ0v) is 16.9. The quantitative estimate of drug-likeness (QED) is 0.733. The molecule has 0 bridgehead atoms. The van der Waals surface area contributed by atoms with Crippen molar-refractivity contribution < 1.29 is 14.3 Å². The summed E-state index contributed by atoms with van der Waals surface area (Å²) in [5.41, 5.74) is 8.35. The molecule has 0 fully saturated rings. The van der Waals surface area contributed by atoms with Crippen molar-refractivity contribution in [2.24, 2.45) is 5.10 Å². The Morgan fingerprint density at radius 2 is 1.89 bits per heavy atom. The van der Waals surface area contributed by atoms with E-state index in [-0.39, 0.29) is 5.91 Å². The highest BCUT2D eigenvalue weighted by Crippen LogP contribution is 2.29. The summed E-state index contributed by atoms with van der Waals surface area (Å²) in [5.74, 6) is 1.71. The van der Waals surface area contributed by atoms with Gasteiger partial charge in [0.2, 0.25) is 5.91 Å². The Bertz CT molecular complexity index is 857. The number of benzene rings is 2. The van der Waals surface area contributed by atoms with Gasteiger partial charge in [0.1, 0.15) is 11.5 Å². The molecule has 1 aliphatic carbocycles. The molecule has 0 aliphatic heterocycles. The van der Waals surface area contributed by atoms with Crippen LogP contribution in [0.2, 0.25) is 0 Å². The molecule has 0 radical (unpaired) electrons. The van der Waals surface area contributed by atoms with E-state index in [1.807, 2.05) is 31.2 Å². The smallest absolute Gasteiger partial charge is 0.240 e. The van der Waals surface area contributed by atoms with E-state index in [9.17, 15) is 4.79 Å². The van der Waals surface area contributed by atoms with Crippen molar-refractivity contribution in [3.63, 3.8) is 0 Å². The highest BCUT2D eigenvalue weighted by molar-refractivity contribution is 6.03. The summed E-state index contributed by atoms with van der Waals surface area (Å²) in [6, 6.07) is 12.2. The van der Waals surface area contributed by atoms with Gasteiger partial charge in [-0.2, -0.15) is 5.10 Å². The fourth-order valence-electron chi connectivity index (χ4n) is 3.55. The Morgan fingerprint density at radius 3 is 2.61 bits per heavy atom. The van der Waals surface area contributed by atoms with Crippen molar-refractivity contribution in [1.29, 1.82) is 0 Å². The summed E-state index contributed by atoms with van der Waals surface area (Å²) >= 11 is 0. The van der Waals surface area contributed by atoms with Crippen LogP contribution in [-0.4, -0.2) is 25.8 Å². The Kier molecular flexibility index (Phi) is 6.69. The molecule has 0 aromatic heterocycles. The number of ether oxygens (including phenoxy) is 2. The van der Waals surface area contributed by atoms with Crippen LogP contribution in [0.15, 0.2) is 41.5 Å². The fraction of sp³-hybridized carbons (Fsp3) is 0.391. The number of hydrogen-bond donors (Lipinski definition) is 1. The van der Waals surface area contributed by atoms with E-state index in [2.05, 4.69) is 22.7 Å². The van der Waals surface area contributed by atoms with E-state index in [1.54, 1.807) is 14.2 Å². The first kappa shape index (κ1) is 19.9. The lowest BCUT2D eigenvalue weighted by Crippen LogP contribution is -2.22. The van der Waals surface area contributed by atoms with Crippen molar-refractivity contribution in [1.82, 2.24) is 5.43 Å². The maximum absolute atomic E-state index is 12.2. The van der Waals surface area contributed by atoms with Crippen molar-refractivity contribution in [2.75, 3.05) is 14.2 Å². The number of hydrogen-bond acceptors (Lipinski definition) is 4. The fourth-order valence-corrected chi connectivity index (χ4v) is 3.55. The Balaban J connectivity index is 1.55. The van der Waals surface area contributed by atoms with E-state index in [0.29, 0.717) is 6.42 Å². The molecular weight excluding hydrogens is 352 g/mol. The van der Waals surface area contributed by atoms with Gasteiger partial charge in [-0.3, -0.25) is 4.79 Å². The van der Waals surface area contributed by atoms with Gasteiger partial charge in [-0.1, -0.05) is 12.1 Å². The third-order valence-corrected chi connectivity index (χ3v) is 5.14. The predicted octanol–water partition coefficient (Wildman–Crippen LogP) is 4.19. The van der Waals surface area contributed by atoms with Gasteiger partial charge in [-0.15, -0.1) is 0 Å². The van der Waals surface area contributed by atoms with Crippen LogP contribution in [0.25, 0.3) is 0 Å². The first-order chi connectivity index (χ1) is 13.6. The number of aryl methyl sites for hydroxylation is 3. The third kappa shape index (κ3) is 4.91. The molecule has 1 amide bonds. The number of nitrogens with zero attached hydrogens (tertiary/aromatic N) is 1. The molecule has 1 N–H and O–H groups in total. The average molecular weight is 380 g/mol. The topological polar surface area (TPSA) is 59.9 Å². The monoisotopic (exact) mass is 380 g/mol. The number of carbonyl (C=O) groups excluding carboxylic acids is 1. The molecule has 1 aliphatic rings. The molecule has 2 aromatic carbocycles. The van der Waals surface area contributed by atoms with Crippen LogP contribution in [0, 0.1) is 6.92 Å². The summed E-state index contributed by atoms with van der Waals surface area (Å²) in [6.45, 7) is 2.03. The number of carbonyl (C=O) groups is 1. The second-order valence-corrected chi connectivity index (χ2v) is 7.13. The molecule has 5 nitrogen and oxygen atoms in total. The van der Waals surface area contributed by atoms with Gasteiger partial charge in [-0.05, 0) is 80.0 Å². The standard InChI is InChI=1S/C23H28N2O3/c1-16-14-20-18(15-22(16)28-3)7-5-8-21(20)24-25-23(26)9-4-6-17-10-12-19(27-2)13-11-17/h10-15H,4-9H2,1-3H3,(H,25,26)/b24-21-. The van der Waals surface area contributed by atoms with Gasteiger partial charge in [-0.25, -0.2) is 5.43 Å². The average Bonchev–Trinajstić information content (AvgIpc) is 2.72. The molecule has 28 heavy (non-hydrogen) atoms. The summed E-state index contributed by atoms with van der Waals surface area (Å²) < 4.78 is 10.6. The van der Waals surface area contributed by atoms with Gasteiger partial charge in [0, 0.05) is 12.0 Å². The summed E-state index contributed by atoms with van der Waals surface area (Å²) in [7, 11) is 3.35. The molecular formula is C23H28N2O3. The van der Waals surface area contributed by atoms with E-state index < -0.39 is 0 Å². The minimum atomic E-state index is -0.0432. The Labute approximate surface area is 166 Å². The predicted molar refractivity (Wildman–Crippen MR) is 111 cm³/mol. The van der Waals surface area contributed by atoms with Crippen LogP contribution in [0.5, 0.6) is 11.5 Å². The van der Waals surface area contributed by atoms with E-state index in [1.165, 1.54) is 11.1 Å². The zero-order valence-electron chi connectivity index (χ0n) is 16.9. The van der Waals surface area contributed by atoms with Crippen LogP contribution in [0.3, 0.4) is 0 Å². The molecule has 5 heteroatoms. The Hall–Kier alpha value is -2.82. The number of methoxy groups -OCH3 is 2. The summed E-state index contributed by atoms with van der Waals surface area (Å²) in [5, 5.41) is 4.43. The van der Waals surface area contributed by atoms with E-state index in [0.717, 1.165) is 60.4 Å². The first-order valence-electron chi connectivity index (χ1n) is 9.77. The van der Waals surface area contributed by atoms with Crippen LogP contribution in [-0.2, 0) is 17.6 Å². The lowest BCUT2D eigenvalue weighted by atomic mass is 9.88. The molecule has 148 valence electrons. The van der Waals surface area contributed by atoms with Crippen molar-refractivity contribution >= 4 is 11.6 Å². The molecule has 3 rings (SSSR count). The second-order valence-electron chi connectivity index (χ2n) is 7.13. The highest BCUT2D eigenvalue weighted by atomic mass is 16.5. The highest BCUT2D eigenvalue weighted by Gasteiger charge is 2.18. The number of amides is 1. The molecule has 0 saturated carbocycles. The number of rotatable bonds is 7. The minimum absolute atomic E-state index is 0.0432. The largest absolute Gasteiger partial charge is 0.497 e. The maximum Gasteiger partial charge on any atom is 0.240 e. The van der Waals surface area contributed by atoms with Gasteiger partial charge in [0.15, 0.2) is 0 Å². The maximum atomic E-state index is 12.2. The second kappa shape index (κ2) is 9.40. The van der Waals surface area contributed by atoms with Crippen LogP contribution in [0.1, 0.15) is 47.9 Å². The minimum Gasteiger partial charge on any atom is -0.497 e. The van der Waals surface area contributed by atoms with Crippen LogP contribution < -0.4 is 14.9 Å². The third-order valence-electron chi connectivity index (χ3n) is 5.14. The lowest BCUT2D eigenvalue weighted by Gasteiger charge is -2.20. The SMILES string of the molecule is COc1ccc(CCCC(=O)N/N=C2/CCCc3cc(OC)c(C)cc32)cc1. The van der Waals surface area contributed by atoms with Gasteiger partial charge >= 0.3 is 0 Å². The Morgan fingerprint density at radius 1 is 1.11 bits per heavy atom. The van der Waals surface area contributed by atoms with Crippen molar-refractivity contribution in [3.8, 4) is 11.5 Å². The first-order valence-corrected chi connectivity index (χ1v) is 9.77. The van der Waals surface area contributed by atoms with Crippen molar-refractivity contribution in [2.45, 2.75) is 45.4 Å². The van der Waals surface area contributed by atoms with Crippen LogP contribution in [0.4, 0.5) is 0 Å². The normalized spacial score (nSPS) is 14.5. The van der Waals surface area contributed by atoms with Gasteiger partial charge in [0.25, 0.3) is 0 Å². The molecule has 2 aromatic rings.